The number of carbonyl (C=O) groups is 2. The SMILES string of the molecule is CC(C)(c1ccc2c(n1)CC[C@H](C(=O)O)C2)C(F)(F)F.C[C@@H](N)c1ccc2[nH]ncc2c1.C[C@@H](NC(=O)[C@H]1CCc2nc(C(C)(C)C(F)(F)F)ccc2C1)c1ccc2[nH]ncc2c1. The molecule has 0 aliphatic heterocycles. The van der Waals surface area contributed by atoms with Gasteiger partial charge in [-0.15, -0.1) is 0 Å². The van der Waals surface area contributed by atoms with Gasteiger partial charge in [-0.3, -0.25) is 29.8 Å². The van der Waals surface area contributed by atoms with Crippen molar-refractivity contribution >= 4 is 33.7 Å². The van der Waals surface area contributed by atoms with Crippen LogP contribution in [0.15, 0.2) is 73.1 Å². The molecule has 6 aromatic rings. The summed E-state index contributed by atoms with van der Waals surface area (Å²) in [7, 11) is 0. The van der Waals surface area contributed by atoms with Crippen molar-refractivity contribution in [3.8, 4) is 0 Å². The van der Waals surface area contributed by atoms with Gasteiger partial charge in [-0.05, 0) is 139 Å². The second kappa shape index (κ2) is 18.1. The first kappa shape index (κ1) is 46.7. The van der Waals surface area contributed by atoms with Crippen LogP contribution in [0.25, 0.3) is 21.8 Å². The number of aromatic nitrogens is 6. The standard InChI is InChI=1S/C23H25F3N4O.C14H16F3NO2.C9H11N3/c1-13(14-4-8-19-17(10-14)12-27-30-19)28-21(31)16-5-7-18-15(11-16)6-9-20(29-18)22(2,3)23(24,25)26;1-13(2,14(15,16)17)11-6-4-8-7-9(12(19)20)3-5-10(8)18-11;1-6(10)7-2-3-9-8(4-7)5-11-12-9/h4,6,8-10,12-13,16H,5,7,11H2,1-3H3,(H,27,30)(H,28,31);4,6,9H,3,5,7H2,1-2H3,(H,19,20);2-6H,10H2,1H3,(H,11,12)/t13-,16+;9-;6-/m101/s1. The molecule has 0 spiro atoms. The van der Waals surface area contributed by atoms with Gasteiger partial charge in [0.15, 0.2) is 0 Å². The third kappa shape index (κ3) is 10.4. The van der Waals surface area contributed by atoms with Crippen molar-refractivity contribution in [2.24, 2.45) is 17.6 Å². The number of nitrogens with two attached hydrogens (primary N) is 1. The summed E-state index contributed by atoms with van der Waals surface area (Å²) in [6.45, 7) is 8.39. The number of amides is 1. The van der Waals surface area contributed by atoms with E-state index in [1.807, 2.05) is 44.2 Å². The number of alkyl halides is 6. The number of fused-ring (bicyclic) bond motifs is 4. The van der Waals surface area contributed by atoms with Gasteiger partial charge in [0.25, 0.3) is 0 Å². The number of aliphatic carboxylic acids is 1. The van der Waals surface area contributed by atoms with Crippen LogP contribution in [0.1, 0.15) is 111 Å². The van der Waals surface area contributed by atoms with E-state index in [1.54, 1.807) is 24.5 Å². The molecule has 63 heavy (non-hydrogen) atoms. The first-order valence-electron chi connectivity index (χ1n) is 20.7. The number of nitrogens with one attached hydrogen (secondary N) is 3. The minimum Gasteiger partial charge on any atom is -0.481 e. The molecule has 1 amide bonds. The van der Waals surface area contributed by atoms with Gasteiger partial charge in [-0.2, -0.15) is 36.5 Å². The fourth-order valence-electron chi connectivity index (χ4n) is 7.53. The van der Waals surface area contributed by atoms with E-state index in [4.69, 9.17) is 10.8 Å². The van der Waals surface area contributed by atoms with Crippen LogP contribution in [0.3, 0.4) is 0 Å². The Morgan fingerprint density at radius 1 is 0.698 bits per heavy atom. The van der Waals surface area contributed by atoms with Crippen molar-refractivity contribution in [1.82, 2.24) is 35.7 Å². The number of rotatable bonds is 7. The zero-order valence-corrected chi connectivity index (χ0v) is 35.9. The predicted octanol–water partition coefficient (Wildman–Crippen LogP) is 9.47. The quantitative estimate of drug-likeness (QED) is 0.0986. The Balaban J connectivity index is 0.000000175. The summed E-state index contributed by atoms with van der Waals surface area (Å²) < 4.78 is 79.1. The number of aryl methyl sites for hydroxylation is 2. The third-order valence-corrected chi connectivity index (χ3v) is 12.3. The Morgan fingerprint density at radius 3 is 1.60 bits per heavy atom. The highest BCUT2D eigenvalue weighted by atomic mass is 19.4. The van der Waals surface area contributed by atoms with E-state index < -0.39 is 35.1 Å². The van der Waals surface area contributed by atoms with Crippen molar-refractivity contribution in [1.29, 1.82) is 0 Å². The molecule has 17 heteroatoms. The second-order valence-corrected chi connectivity index (χ2v) is 17.5. The van der Waals surface area contributed by atoms with Gasteiger partial charge in [0.2, 0.25) is 5.91 Å². The van der Waals surface area contributed by atoms with E-state index in [9.17, 15) is 35.9 Å². The Bertz CT molecular complexity index is 2580. The largest absolute Gasteiger partial charge is 0.481 e. The molecule has 0 unspecified atom stereocenters. The topological polar surface area (TPSA) is 176 Å². The van der Waals surface area contributed by atoms with Crippen molar-refractivity contribution in [2.75, 3.05) is 0 Å². The molecule has 0 fully saturated rings. The van der Waals surface area contributed by atoms with Gasteiger partial charge in [0.05, 0.1) is 46.8 Å². The molecule has 0 saturated heterocycles. The lowest BCUT2D eigenvalue weighted by Crippen LogP contribution is -2.38. The maximum Gasteiger partial charge on any atom is 0.399 e. The molecule has 8 rings (SSSR count). The molecule has 0 saturated carbocycles. The molecule has 6 N–H and O–H groups in total. The molecule has 4 atom stereocenters. The Morgan fingerprint density at radius 2 is 1.14 bits per heavy atom. The number of hydrogen-bond acceptors (Lipinski definition) is 7. The fraction of sp³-hybridized carbons (Fsp3) is 0.435. The fourth-order valence-corrected chi connectivity index (χ4v) is 7.53. The predicted molar refractivity (Wildman–Crippen MR) is 227 cm³/mol. The smallest absolute Gasteiger partial charge is 0.399 e. The summed E-state index contributed by atoms with van der Waals surface area (Å²) in [5.74, 6) is -1.61. The van der Waals surface area contributed by atoms with Crippen molar-refractivity contribution in [3.63, 3.8) is 0 Å². The molecular formula is C46H52F6N8O3. The number of carboxylic acids is 1. The van der Waals surface area contributed by atoms with Crippen LogP contribution in [-0.2, 0) is 46.1 Å². The Hall–Kier alpha value is -5.84. The van der Waals surface area contributed by atoms with Gasteiger partial charge in [-0.25, -0.2) is 0 Å². The van der Waals surface area contributed by atoms with Crippen LogP contribution >= 0.6 is 0 Å². The highest BCUT2D eigenvalue weighted by molar-refractivity contribution is 5.81. The number of H-pyrrole nitrogens is 2. The van der Waals surface area contributed by atoms with Crippen molar-refractivity contribution in [3.05, 3.63) is 118 Å². The molecule has 336 valence electrons. The van der Waals surface area contributed by atoms with E-state index >= 15 is 0 Å². The average molecular weight is 879 g/mol. The van der Waals surface area contributed by atoms with Crippen LogP contribution < -0.4 is 11.1 Å². The van der Waals surface area contributed by atoms with E-state index in [2.05, 4.69) is 41.7 Å². The van der Waals surface area contributed by atoms with E-state index in [0.717, 1.165) is 71.8 Å². The first-order chi connectivity index (χ1) is 29.5. The maximum atomic E-state index is 13.4. The Kier molecular flexibility index (Phi) is 13.4. The average Bonchev–Trinajstić information content (AvgIpc) is 3.92. The normalized spacial score (nSPS) is 17.6. The molecule has 0 bridgehead atoms. The lowest BCUT2D eigenvalue weighted by atomic mass is 9.83. The molecule has 2 aliphatic rings. The summed E-state index contributed by atoms with van der Waals surface area (Å²) in [5.41, 5.74) is 8.69. The highest BCUT2D eigenvalue weighted by Crippen LogP contribution is 2.42. The van der Waals surface area contributed by atoms with Crippen molar-refractivity contribution in [2.45, 2.75) is 115 Å². The second-order valence-electron chi connectivity index (χ2n) is 17.5. The molecule has 0 radical (unpaired) electrons. The van der Waals surface area contributed by atoms with E-state index in [-0.39, 0.29) is 35.3 Å². The van der Waals surface area contributed by atoms with E-state index in [1.165, 1.54) is 12.1 Å². The zero-order valence-electron chi connectivity index (χ0n) is 35.9. The molecular weight excluding hydrogens is 827 g/mol. The third-order valence-electron chi connectivity index (χ3n) is 12.3. The van der Waals surface area contributed by atoms with E-state index in [0.29, 0.717) is 49.9 Å². The van der Waals surface area contributed by atoms with Gasteiger partial charge in [-0.1, -0.05) is 24.3 Å². The number of pyridine rings is 2. The minimum absolute atomic E-state index is 0.0162. The van der Waals surface area contributed by atoms with Crippen LogP contribution in [0, 0.1) is 11.8 Å². The number of benzene rings is 2. The van der Waals surface area contributed by atoms with Gasteiger partial charge < -0.3 is 16.2 Å². The van der Waals surface area contributed by atoms with Gasteiger partial charge in [0, 0.05) is 34.1 Å². The lowest BCUT2D eigenvalue weighted by Gasteiger charge is -2.30. The number of carboxylic acid groups (broad SMARTS) is 1. The van der Waals surface area contributed by atoms with Gasteiger partial charge >= 0.3 is 18.3 Å². The molecule has 4 heterocycles. The summed E-state index contributed by atoms with van der Waals surface area (Å²) in [6, 6.07) is 18.0. The van der Waals surface area contributed by atoms with Crippen LogP contribution in [0.2, 0.25) is 0 Å². The number of aromatic amines is 2. The summed E-state index contributed by atoms with van der Waals surface area (Å²) in [4.78, 5) is 32.3. The van der Waals surface area contributed by atoms with Gasteiger partial charge in [0.1, 0.15) is 10.8 Å². The maximum absolute atomic E-state index is 13.4. The zero-order chi connectivity index (χ0) is 46.1. The monoisotopic (exact) mass is 878 g/mol. The molecule has 4 aromatic heterocycles. The molecule has 2 aliphatic carbocycles. The van der Waals surface area contributed by atoms with Crippen LogP contribution in [0.5, 0.6) is 0 Å². The summed E-state index contributed by atoms with van der Waals surface area (Å²) >= 11 is 0. The number of carbonyl (C=O) groups excluding carboxylic acids is 1. The minimum atomic E-state index is -4.37. The molecule has 2 aromatic carbocycles. The number of halogens is 6. The van der Waals surface area contributed by atoms with Crippen molar-refractivity contribution < 1.29 is 41.0 Å². The highest BCUT2D eigenvalue weighted by Gasteiger charge is 2.50. The first-order valence-corrected chi connectivity index (χ1v) is 20.7. The van der Waals surface area contributed by atoms with Crippen LogP contribution in [-0.4, -0.2) is 59.7 Å². The van der Waals surface area contributed by atoms with Crippen LogP contribution in [0.4, 0.5) is 26.3 Å². The number of hydrogen-bond donors (Lipinski definition) is 5. The lowest BCUT2D eigenvalue weighted by molar-refractivity contribution is -0.181. The summed E-state index contributed by atoms with van der Waals surface area (Å²) in [5, 5.41) is 27.9. The number of nitrogens with zero attached hydrogens (tertiary/aromatic N) is 4. The molecule has 11 nitrogen and oxygen atoms in total. The summed E-state index contributed by atoms with van der Waals surface area (Å²) in [6.07, 6.45) is -2.49. The Labute approximate surface area is 360 Å².